The molecular weight excluding hydrogens is 310 g/mol. The fraction of sp³-hybridized carbons (Fsp3) is 0.118. The molecule has 7 nitrogen and oxygen atoms in total. The van der Waals surface area contributed by atoms with E-state index in [1.807, 2.05) is 0 Å². The van der Waals surface area contributed by atoms with Crippen molar-refractivity contribution in [1.29, 1.82) is 0 Å². The van der Waals surface area contributed by atoms with E-state index in [4.69, 9.17) is 10.5 Å². The van der Waals surface area contributed by atoms with Gasteiger partial charge in [0.05, 0.1) is 5.69 Å². The molecule has 0 aromatic heterocycles. The van der Waals surface area contributed by atoms with Crippen LogP contribution < -0.4 is 21.1 Å². The molecule has 1 unspecified atom stereocenters. The summed E-state index contributed by atoms with van der Waals surface area (Å²) < 4.78 is 5.63. The molecule has 0 aliphatic carbocycles. The summed E-state index contributed by atoms with van der Waals surface area (Å²) in [5, 5.41) is 5.26. The number of nitrogens with one attached hydrogen (secondary N) is 2. The van der Waals surface area contributed by atoms with Crippen LogP contribution in [0.4, 0.5) is 11.4 Å². The molecule has 24 heavy (non-hydrogen) atoms. The monoisotopic (exact) mass is 325 g/mol. The highest BCUT2D eigenvalue weighted by Gasteiger charge is 2.47. The van der Waals surface area contributed by atoms with Gasteiger partial charge in [0.25, 0.3) is 17.4 Å². The van der Waals surface area contributed by atoms with Gasteiger partial charge in [-0.25, -0.2) is 0 Å². The van der Waals surface area contributed by atoms with E-state index in [-0.39, 0.29) is 0 Å². The summed E-state index contributed by atoms with van der Waals surface area (Å²) in [5.41, 5.74) is 4.71. The lowest BCUT2D eigenvalue weighted by molar-refractivity contribution is -0.143. The number of primary amides is 1. The molecule has 0 saturated heterocycles. The molecule has 2 aromatic carbocycles. The predicted octanol–water partition coefficient (Wildman–Crippen LogP) is 1.51. The number of carbonyl (C=O) groups is 3. The number of nitrogens with two attached hydrogens (primary N) is 1. The number of fused-ring (bicyclic) bond motifs is 1. The van der Waals surface area contributed by atoms with Gasteiger partial charge in [-0.15, -0.1) is 0 Å². The lowest BCUT2D eigenvalue weighted by Gasteiger charge is -2.33. The number of rotatable bonds is 3. The smallest absolute Gasteiger partial charge is 0.278 e. The Morgan fingerprint density at radius 1 is 1.12 bits per heavy atom. The summed E-state index contributed by atoms with van der Waals surface area (Å²) >= 11 is 0. The molecule has 1 aliphatic heterocycles. The van der Waals surface area contributed by atoms with E-state index < -0.39 is 23.3 Å². The summed E-state index contributed by atoms with van der Waals surface area (Å²) in [6.07, 6.45) is 0. The van der Waals surface area contributed by atoms with Gasteiger partial charge in [0.1, 0.15) is 5.75 Å². The van der Waals surface area contributed by atoms with E-state index >= 15 is 0 Å². The van der Waals surface area contributed by atoms with Crippen LogP contribution in [-0.4, -0.2) is 23.3 Å². The maximum absolute atomic E-state index is 12.5. The number of hydrogen-bond donors (Lipinski definition) is 3. The number of benzene rings is 2. The summed E-state index contributed by atoms with van der Waals surface area (Å²) in [7, 11) is 0. The average molecular weight is 325 g/mol. The average Bonchev–Trinajstić information content (AvgIpc) is 2.56. The van der Waals surface area contributed by atoms with Gasteiger partial charge in [-0.3, -0.25) is 14.4 Å². The zero-order valence-electron chi connectivity index (χ0n) is 12.8. The third-order valence-corrected chi connectivity index (χ3v) is 3.74. The first kappa shape index (κ1) is 15.5. The summed E-state index contributed by atoms with van der Waals surface area (Å²) in [6, 6.07) is 12.9. The van der Waals surface area contributed by atoms with Crippen LogP contribution in [0.3, 0.4) is 0 Å². The first-order valence-electron chi connectivity index (χ1n) is 7.21. The number of hydrogen-bond acceptors (Lipinski definition) is 4. The van der Waals surface area contributed by atoms with E-state index in [1.165, 1.54) is 31.2 Å². The first-order valence-corrected chi connectivity index (χ1v) is 7.21. The molecule has 122 valence electrons. The molecular formula is C17H15N3O4. The van der Waals surface area contributed by atoms with Crippen molar-refractivity contribution >= 4 is 29.1 Å². The fourth-order valence-electron chi connectivity index (χ4n) is 2.28. The van der Waals surface area contributed by atoms with Gasteiger partial charge < -0.3 is 21.1 Å². The summed E-state index contributed by atoms with van der Waals surface area (Å²) in [4.78, 5) is 35.9. The van der Waals surface area contributed by atoms with Crippen molar-refractivity contribution in [2.75, 3.05) is 10.6 Å². The Hall–Kier alpha value is -3.35. The molecule has 2 aromatic rings. The van der Waals surface area contributed by atoms with Crippen molar-refractivity contribution in [3.8, 4) is 5.75 Å². The molecule has 3 amide bonds. The van der Waals surface area contributed by atoms with E-state index in [2.05, 4.69) is 10.6 Å². The van der Waals surface area contributed by atoms with Crippen LogP contribution in [0.25, 0.3) is 0 Å². The Morgan fingerprint density at radius 3 is 2.46 bits per heavy atom. The fourth-order valence-corrected chi connectivity index (χ4v) is 2.28. The van der Waals surface area contributed by atoms with E-state index in [1.54, 1.807) is 24.3 Å². The molecule has 1 aliphatic rings. The highest BCUT2D eigenvalue weighted by Crippen LogP contribution is 2.33. The standard InChI is InChI=1S/C17H15N3O4/c1-17(16(23)20-12-4-2-3-5-13(12)24-17)15(22)19-11-8-6-10(7-9-11)14(18)21/h2-9H,1H3,(H2,18,21)(H,19,22)(H,20,23). The molecule has 3 rings (SSSR count). The van der Waals surface area contributed by atoms with Crippen LogP contribution in [0.2, 0.25) is 0 Å². The maximum Gasteiger partial charge on any atom is 0.278 e. The predicted molar refractivity (Wildman–Crippen MR) is 87.7 cm³/mol. The minimum Gasteiger partial charge on any atom is -0.466 e. The Morgan fingerprint density at radius 2 is 1.79 bits per heavy atom. The van der Waals surface area contributed by atoms with Gasteiger partial charge in [-0.1, -0.05) is 12.1 Å². The normalized spacial score (nSPS) is 18.8. The van der Waals surface area contributed by atoms with Crippen LogP contribution in [0.1, 0.15) is 17.3 Å². The molecule has 0 fully saturated rings. The quantitative estimate of drug-likeness (QED) is 0.743. The van der Waals surface area contributed by atoms with Gasteiger partial charge >= 0.3 is 0 Å². The molecule has 0 radical (unpaired) electrons. The van der Waals surface area contributed by atoms with Gasteiger partial charge in [0.15, 0.2) is 0 Å². The third kappa shape index (κ3) is 2.67. The molecule has 0 spiro atoms. The lowest BCUT2D eigenvalue weighted by Crippen LogP contribution is -2.56. The SMILES string of the molecule is CC1(C(=O)Nc2ccc(C(N)=O)cc2)Oc2ccccc2NC1=O. The van der Waals surface area contributed by atoms with Crippen molar-refractivity contribution in [3.05, 3.63) is 54.1 Å². The van der Waals surface area contributed by atoms with Crippen LogP contribution in [0.5, 0.6) is 5.75 Å². The van der Waals surface area contributed by atoms with Crippen LogP contribution >= 0.6 is 0 Å². The van der Waals surface area contributed by atoms with Gasteiger partial charge in [-0.2, -0.15) is 0 Å². The third-order valence-electron chi connectivity index (χ3n) is 3.74. The van der Waals surface area contributed by atoms with Gasteiger partial charge in [0, 0.05) is 11.3 Å². The topological polar surface area (TPSA) is 111 Å². The van der Waals surface area contributed by atoms with Crippen molar-refractivity contribution in [2.24, 2.45) is 5.73 Å². The van der Waals surface area contributed by atoms with Gasteiger partial charge in [0.2, 0.25) is 5.91 Å². The zero-order chi connectivity index (χ0) is 17.3. The number of amides is 3. The Balaban J connectivity index is 1.81. The summed E-state index contributed by atoms with van der Waals surface area (Å²) in [6.45, 7) is 1.39. The van der Waals surface area contributed by atoms with E-state index in [0.717, 1.165) is 0 Å². The molecule has 1 atom stereocenters. The Kier molecular flexibility index (Phi) is 3.69. The van der Waals surface area contributed by atoms with Crippen molar-refractivity contribution in [1.82, 2.24) is 0 Å². The van der Waals surface area contributed by atoms with Crippen LogP contribution in [0, 0.1) is 0 Å². The highest BCUT2D eigenvalue weighted by molar-refractivity contribution is 6.19. The molecule has 4 N–H and O–H groups in total. The second kappa shape index (κ2) is 5.69. The largest absolute Gasteiger partial charge is 0.466 e. The lowest BCUT2D eigenvalue weighted by atomic mass is 10.0. The summed E-state index contributed by atoms with van der Waals surface area (Å²) in [5.74, 6) is -1.33. The number of ether oxygens (including phenoxy) is 1. The van der Waals surface area contributed by atoms with Crippen LogP contribution in [0.15, 0.2) is 48.5 Å². The van der Waals surface area contributed by atoms with E-state index in [9.17, 15) is 14.4 Å². The minimum absolute atomic E-state index is 0.319. The van der Waals surface area contributed by atoms with Crippen LogP contribution in [-0.2, 0) is 9.59 Å². The number of carbonyl (C=O) groups excluding carboxylic acids is 3. The van der Waals surface area contributed by atoms with Crippen molar-refractivity contribution in [2.45, 2.75) is 12.5 Å². The Labute approximate surface area is 137 Å². The zero-order valence-corrected chi connectivity index (χ0v) is 12.8. The molecule has 0 bridgehead atoms. The van der Waals surface area contributed by atoms with Crippen molar-refractivity contribution < 1.29 is 19.1 Å². The Bertz CT molecular complexity index is 832. The second-order valence-electron chi connectivity index (χ2n) is 5.48. The van der Waals surface area contributed by atoms with Crippen molar-refractivity contribution in [3.63, 3.8) is 0 Å². The number of para-hydroxylation sites is 2. The highest BCUT2D eigenvalue weighted by atomic mass is 16.5. The second-order valence-corrected chi connectivity index (χ2v) is 5.48. The molecule has 1 heterocycles. The van der Waals surface area contributed by atoms with Gasteiger partial charge in [-0.05, 0) is 43.3 Å². The number of anilines is 2. The molecule has 0 saturated carbocycles. The van der Waals surface area contributed by atoms with E-state index in [0.29, 0.717) is 22.7 Å². The minimum atomic E-state index is -1.71. The first-order chi connectivity index (χ1) is 11.4. The maximum atomic E-state index is 12.5. The molecule has 7 heteroatoms.